The quantitative estimate of drug-likeness (QED) is 0.763. The highest BCUT2D eigenvalue weighted by atomic mass is 19.3. The van der Waals surface area contributed by atoms with Gasteiger partial charge in [-0.2, -0.15) is 4.52 Å². The number of amides is 1. The predicted octanol–water partition coefficient (Wildman–Crippen LogP) is -0.418. The van der Waals surface area contributed by atoms with E-state index in [1.54, 1.807) is 4.52 Å². The van der Waals surface area contributed by atoms with Crippen LogP contribution in [-0.2, 0) is 4.79 Å². The fraction of sp³-hybridized carbons (Fsp3) is 0.600. The van der Waals surface area contributed by atoms with E-state index in [4.69, 9.17) is 0 Å². The van der Waals surface area contributed by atoms with E-state index in [-0.39, 0.29) is 12.3 Å². The summed E-state index contributed by atoms with van der Waals surface area (Å²) in [6.07, 6.45) is -3.32. The molecule has 26 heavy (non-hydrogen) atoms. The number of carbonyl (C=O) groups is 1. The number of hydrogen-bond acceptors (Lipinski definition) is 7. The summed E-state index contributed by atoms with van der Waals surface area (Å²) >= 11 is 0. The average molecular weight is 366 g/mol. The zero-order chi connectivity index (χ0) is 18.3. The molecule has 0 bridgehead atoms. The zero-order valence-electron chi connectivity index (χ0n) is 14.3. The molecule has 0 aromatic carbocycles. The Morgan fingerprint density at radius 3 is 2.69 bits per heavy atom. The Labute approximate surface area is 148 Å². The summed E-state index contributed by atoms with van der Waals surface area (Å²) in [5.41, 5.74) is 0.692. The summed E-state index contributed by atoms with van der Waals surface area (Å²) in [4.78, 5) is 15.8. The summed E-state index contributed by atoms with van der Waals surface area (Å²) in [5, 5.41) is 18.1. The molecule has 1 amide bonds. The van der Waals surface area contributed by atoms with Gasteiger partial charge < -0.3 is 10.2 Å². The smallest absolute Gasteiger partial charge is 0.254 e. The van der Waals surface area contributed by atoms with Gasteiger partial charge in [0.2, 0.25) is 5.91 Å². The number of hydrogen-bond donors (Lipinski definition) is 2. The van der Waals surface area contributed by atoms with Crippen molar-refractivity contribution in [2.75, 3.05) is 31.1 Å². The van der Waals surface area contributed by atoms with E-state index in [9.17, 15) is 13.6 Å². The number of piperazine rings is 1. The maximum Gasteiger partial charge on any atom is 0.254 e. The van der Waals surface area contributed by atoms with Crippen LogP contribution in [0.4, 0.5) is 14.6 Å². The molecular weight excluding hydrogens is 346 g/mol. The summed E-state index contributed by atoms with van der Waals surface area (Å²) in [7, 11) is 0. The lowest BCUT2D eigenvalue weighted by Gasteiger charge is -2.43. The molecule has 140 valence electrons. The molecule has 2 unspecified atom stereocenters. The number of nitrogens with one attached hydrogen (secondary N) is 2. The molecule has 0 radical (unpaired) electrons. The Morgan fingerprint density at radius 1 is 1.19 bits per heavy atom. The molecule has 9 nitrogen and oxygen atoms in total. The van der Waals surface area contributed by atoms with Crippen molar-refractivity contribution in [1.82, 2.24) is 35.3 Å². The third kappa shape index (κ3) is 3.19. The van der Waals surface area contributed by atoms with E-state index < -0.39 is 18.8 Å². The molecule has 2 aromatic heterocycles. The molecule has 2 fully saturated rings. The van der Waals surface area contributed by atoms with Crippen LogP contribution in [0.1, 0.15) is 12.2 Å². The van der Waals surface area contributed by atoms with Gasteiger partial charge >= 0.3 is 0 Å². The van der Waals surface area contributed by atoms with E-state index in [1.165, 1.54) is 0 Å². The monoisotopic (exact) mass is 366 g/mol. The van der Waals surface area contributed by atoms with Crippen molar-refractivity contribution in [3.8, 4) is 0 Å². The minimum absolute atomic E-state index is 0.198. The fourth-order valence-electron chi connectivity index (χ4n) is 3.34. The van der Waals surface area contributed by atoms with E-state index in [0.717, 1.165) is 5.82 Å². The van der Waals surface area contributed by atoms with Crippen molar-refractivity contribution in [2.45, 2.75) is 32.1 Å². The topological polar surface area (TPSA) is 90.7 Å². The molecule has 2 atom stereocenters. The van der Waals surface area contributed by atoms with Crippen molar-refractivity contribution >= 4 is 17.4 Å². The molecular formula is C15H20F2N8O. The largest absolute Gasteiger partial charge is 0.353 e. The van der Waals surface area contributed by atoms with Gasteiger partial charge in [-0.3, -0.25) is 15.0 Å². The standard InChI is InChI=1S/C15H20F2N8O/c1-9-20-21-11-2-3-12(22-25(9)11)23-4-6-24(7-5-23)15-18-10(14(16)17)8-13(26)19-15/h2-3,10,14-15,18H,4-8H2,1H3,(H,19,26). The van der Waals surface area contributed by atoms with E-state index in [1.807, 2.05) is 24.0 Å². The van der Waals surface area contributed by atoms with Crippen LogP contribution < -0.4 is 15.5 Å². The Balaban J connectivity index is 1.41. The molecule has 0 aliphatic carbocycles. The van der Waals surface area contributed by atoms with Crippen LogP contribution in [0.5, 0.6) is 0 Å². The molecule has 2 aliphatic rings. The second-order valence-electron chi connectivity index (χ2n) is 6.51. The lowest BCUT2D eigenvalue weighted by Crippen LogP contribution is -2.67. The number of rotatable bonds is 3. The Kier molecular flexibility index (Phi) is 4.41. The zero-order valence-corrected chi connectivity index (χ0v) is 14.3. The first kappa shape index (κ1) is 17.0. The van der Waals surface area contributed by atoms with Gasteiger partial charge in [0.1, 0.15) is 12.1 Å². The van der Waals surface area contributed by atoms with Crippen LogP contribution in [-0.4, -0.2) is 75.6 Å². The van der Waals surface area contributed by atoms with Crippen molar-refractivity contribution in [3.63, 3.8) is 0 Å². The molecule has 2 aromatic rings. The van der Waals surface area contributed by atoms with Gasteiger partial charge in [0.25, 0.3) is 6.43 Å². The number of carbonyl (C=O) groups excluding carboxylic acids is 1. The minimum Gasteiger partial charge on any atom is -0.353 e. The highest BCUT2D eigenvalue weighted by Gasteiger charge is 2.35. The lowest BCUT2D eigenvalue weighted by atomic mass is 10.1. The van der Waals surface area contributed by atoms with Gasteiger partial charge in [0, 0.05) is 32.6 Å². The predicted molar refractivity (Wildman–Crippen MR) is 88.8 cm³/mol. The molecule has 0 spiro atoms. The summed E-state index contributed by atoms with van der Waals surface area (Å²) < 4.78 is 27.6. The van der Waals surface area contributed by atoms with Crippen molar-refractivity contribution in [1.29, 1.82) is 0 Å². The van der Waals surface area contributed by atoms with Crippen molar-refractivity contribution in [3.05, 3.63) is 18.0 Å². The summed E-state index contributed by atoms with van der Waals surface area (Å²) in [6, 6.07) is 2.66. The van der Waals surface area contributed by atoms with Crippen LogP contribution in [0.3, 0.4) is 0 Å². The number of halogens is 2. The average Bonchev–Trinajstić information content (AvgIpc) is 3.02. The second-order valence-corrected chi connectivity index (χ2v) is 6.51. The normalized spacial score (nSPS) is 25.1. The van der Waals surface area contributed by atoms with Gasteiger partial charge in [0.05, 0.1) is 6.04 Å². The Hall–Kier alpha value is -2.40. The van der Waals surface area contributed by atoms with Crippen LogP contribution in [0, 0.1) is 6.92 Å². The SMILES string of the molecule is Cc1nnc2ccc(N3CCN(C4NC(=O)CC(C(F)F)N4)CC3)nn12. The fourth-order valence-corrected chi connectivity index (χ4v) is 3.34. The van der Waals surface area contributed by atoms with Crippen LogP contribution in [0.2, 0.25) is 0 Å². The van der Waals surface area contributed by atoms with E-state index in [0.29, 0.717) is 37.7 Å². The Bertz CT molecular complexity index is 804. The first-order valence-electron chi connectivity index (χ1n) is 8.53. The summed E-state index contributed by atoms with van der Waals surface area (Å²) in [5.74, 6) is 1.18. The van der Waals surface area contributed by atoms with Crippen LogP contribution >= 0.6 is 0 Å². The van der Waals surface area contributed by atoms with E-state index >= 15 is 0 Å². The lowest BCUT2D eigenvalue weighted by molar-refractivity contribution is -0.129. The molecule has 2 saturated heterocycles. The first-order valence-corrected chi connectivity index (χ1v) is 8.53. The molecule has 11 heteroatoms. The van der Waals surface area contributed by atoms with Crippen LogP contribution in [0.25, 0.3) is 5.65 Å². The minimum atomic E-state index is -2.56. The maximum atomic E-state index is 13.0. The highest BCUT2D eigenvalue weighted by Crippen LogP contribution is 2.17. The third-order valence-corrected chi connectivity index (χ3v) is 4.79. The number of nitrogens with zero attached hydrogens (tertiary/aromatic N) is 6. The summed E-state index contributed by atoms with van der Waals surface area (Å²) in [6.45, 7) is 4.43. The highest BCUT2D eigenvalue weighted by molar-refractivity contribution is 5.77. The number of aromatic nitrogens is 4. The third-order valence-electron chi connectivity index (χ3n) is 4.79. The second kappa shape index (κ2) is 6.72. The van der Waals surface area contributed by atoms with Crippen LogP contribution in [0.15, 0.2) is 12.1 Å². The number of fused-ring (bicyclic) bond motifs is 1. The number of anilines is 1. The molecule has 2 N–H and O–H groups in total. The Morgan fingerprint density at radius 2 is 1.96 bits per heavy atom. The van der Waals surface area contributed by atoms with E-state index in [2.05, 4.69) is 30.8 Å². The number of alkyl halides is 2. The number of aryl methyl sites for hydroxylation is 1. The van der Waals surface area contributed by atoms with Gasteiger partial charge in [-0.1, -0.05) is 0 Å². The van der Waals surface area contributed by atoms with Gasteiger partial charge in [-0.15, -0.1) is 15.3 Å². The van der Waals surface area contributed by atoms with Gasteiger partial charge in [-0.25, -0.2) is 8.78 Å². The molecule has 2 aliphatic heterocycles. The van der Waals surface area contributed by atoms with Gasteiger partial charge in [-0.05, 0) is 19.1 Å². The molecule has 0 saturated carbocycles. The molecule has 4 heterocycles. The van der Waals surface area contributed by atoms with Gasteiger partial charge in [0.15, 0.2) is 11.5 Å². The molecule has 4 rings (SSSR count). The van der Waals surface area contributed by atoms with Crippen molar-refractivity contribution in [2.24, 2.45) is 0 Å². The van der Waals surface area contributed by atoms with Crippen molar-refractivity contribution < 1.29 is 13.6 Å². The maximum absolute atomic E-state index is 13.0. The first-order chi connectivity index (χ1) is 12.5.